The molecular formula is C63H61N4OPt-3. The smallest absolute Gasteiger partial charge is 0.135 e. The van der Waals surface area contributed by atoms with Gasteiger partial charge in [0.05, 0.1) is 0 Å². The van der Waals surface area contributed by atoms with Crippen molar-refractivity contribution in [2.45, 2.75) is 97.8 Å². The number of fused-ring (bicyclic) bond motifs is 4. The van der Waals surface area contributed by atoms with Crippen molar-refractivity contribution in [2.75, 3.05) is 9.80 Å². The van der Waals surface area contributed by atoms with Crippen molar-refractivity contribution in [3.63, 3.8) is 0 Å². The summed E-state index contributed by atoms with van der Waals surface area (Å²) in [5, 5.41) is 2.21. The van der Waals surface area contributed by atoms with E-state index in [1.165, 1.54) is 27.8 Å². The molecule has 0 radical (unpaired) electrons. The standard InChI is InChI=1S/C63H61N4O.Pt/c1-60(2,3)45-23-18-24-49(34-45)65-41-66(58-37-47(26-30-56(58)65)63(10,11)44-21-16-13-17-22-44)50-35-48(62(7,8)9)36-52(39-50)68-51-27-28-53-54-33-43(42-19-14-12-15-20-42)25-29-55(54)67(57(53)40-51)59-38-46(31-32-64-59)61(4,5)6;/h12-38,41H,1-11H3;/q-3;. The van der Waals surface area contributed by atoms with E-state index in [0.29, 0.717) is 11.5 Å². The molecule has 0 saturated heterocycles. The minimum atomic E-state index is -0.240. The summed E-state index contributed by atoms with van der Waals surface area (Å²) in [6.45, 7) is 27.1. The second kappa shape index (κ2) is 17.8. The van der Waals surface area contributed by atoms with Crippen LogP contribution < -0.4 is 14.5 Å². The normalized spacial score (nSPS) is 13.2. The van der Waals surface area contributed by atoms with Gasteiger partial charge in [-0.05, 0) is 97.5 Å². The molecule has 1 aliphatic heterocycles. The average Bonchev–Trinajstić information content (AvgIpc) is 3.86. The summed E-state index contributed by atoms with van der Waals surface area (Å²) >= 11 is 0. The summed E-state index contributed by atoms with van der Waals surface area (Å²) in [6, 6.07) is 64.3. The molecule has 0 N–H and O–H groups in total. The first-order valence-electron chi connectivity index (χ1n) is 23.9. The Morgan fingerprint density at radius 1 is 0.478 bits per heavy atom. The van der Waals surface area contributed by atoms with Crippen LogP contribution in [0.2, 0.25) is 0 Å². The number of aromatic nitrogens is 2. The molecule has 5 nitrogen and oxygen atoms in total. The van der Waals surface area contributed by atoms with E-state index < -0.39 is 0 Å². The first-order valence-corrected chi connectivity index (χ1v) is 23.9. The fraction of sp³-hybridized carbons (Fsp3) is 0.238. The number of ether oxygens (including phenoxy) is 1. The monoisotopic (exact) mass is 1080 g/mol. The van der Waals surface area contributed by atoms with Gasteiger partial charge in [-0.1, -0.05) is 173 Å². The fourth-order valence-electron chi connectivity index (χ4n) is 9.39. The Morgan fingerprint density at radius 3 is 1.87 bits per heavy atom. The van der Waals surface area contributed by atoms with Crippen LogP contribution in [-0.2, 0) is 42.7 Å². The van der Waals surface area contributed by atoms with E-state index in [0.717, 1.165) is 61.5 Å². The van der Waals surface area contributed by atoms with Crippen LogP contribution >= 0.6 is 0 Å². The molecule has 0 atom stereocenters. The van der Waals surface area contributed by atoms with Crippen LogP contribution in [0.1, 0.15) is 104 Å². The quantitative estimate of drug-likeness (QED) is 0.142. The van der Waals surface area contributed by atoms with E-state index >= 15 is 0 Å². The maximum Gasteiger partial charge on any atom is 0.135 e. The van der Waals surface area contributed by atoms with Gasteiger partial charge in [-0.25, -0.2) is 4.98 Å². The molecule has 69 heavy (non-hydrogen) atoms. The van der Waals surface area contributed by atoms with Gasteiger partial charge in [0.15, 0.2) is 0 Å². The molecule has 1 aliphatic rings. The second-order valence-corrected chi connectivity index (χ2v) is 22.0. The maximum atomic E-state index is 6.97. The van der Waals surface area contributed by atoms with Crippen molar-refractivity contribution in [1.29, 1.82) is 0 Å². The molecule has 0 fully saturated rings. The van der Waals surface area contributed by atoms with Gasteiger partial charge in [0, 0.05) is 66.8 Å². The topological polar surface area (TPSA) is 33.5 Å². The van der Waals surface area contributed by atoms with E-state index in [-0.39, 0.29) is 42.7 Å². The van der Waals surface area contributed by atoms with E-state index in [1.54, 1.807) is 0 Å². The van der Waals surface area contributed by atoms with Gasteiger partial charge in [0.1, 0.15) is 5.82 Å². The molecule has 0 bridgehead atoms. The SMILES string of the molecule is CC(C)(C)c1cc(Oc2[c-]c3c(cc2)c2cc(-c4ccccc4)ccc2n3-c2cc(C(C)(C)C)ccn2)[c-]c(N2[CH-]N(c3cccc(C(C)(C)C)c3)c3ccc(C(C)(C)c4ccccc4)cc32)c1.[Pt]. The molecule has 0 unspecified atom stereocenters. The minimum absolute atomic E-state index is 0. The largest absolute Gasteiger partial charge is 0.509 e. The molecule has 0 spiro atoms. The van der Waals surface area contributed by atoms with Crippen molar-refractivity contribution < 1.29 is 25.8 Å². The number of rotatable bonds is 8. The second-order valence-electron chi connectivity index (χ2n) is 22.0. The van der Waals surface area contributed by atoms with Crippen molar-refractivity contribution in [3.05, 3.63) is 211 Å². The number of anilines is 4. The summed E-state index contributed by atoms with van der Waals surface area (Å²) in [7, 11) is 0. The molecule has 7 aromatic carbocycles. The van der Waals surface area contributed by atoms with Crippen molar-refractivity contribution in [1.82, 2.24) is 9.55 Å². The Kier molecular flexibility index (Phi) is 12.3. The van der Waals surface area contributed by atoms with Gasteiger partial charge in [-0.15, -0.1) is 53.6 Å². The molecular weight excluding hydrogens is 1020 g/mol. The fourth-order valence-corrected chi connectivity index (χ4v) is 9.39. The van der Waals surface area contributed by atoms with Crippen LogP contribution in [0.3, 0.4) is 0 Å². The average molecular weight is 1090 g/mol. The van der Waals surface area contributed by atoms with Crippen molar-refractivity contribution in [3.8, 4) is 28.4 Å². The van der Waals surface area contributed by atoms with E-state index in [9.17, 15) is 0 Å². The van der Waals surface area contributed by atoms with Crippen LogP contribution in [0.25, 0.3) is 38.8 Å². The Bertz CT molecular complexity index is 3330. The zero-order valence-corrected chi connectivity index (χ0v) is 44.0. The van der Waals surface area contributed by atoms with Gasteiger partial charge < -0.3 is 19.1 Å². The van der Waals surface area contributed by atoms with Crippen molar-refractivity contribution in [2.24, 2.45) is 0 Å². The van der Waals surface area contributed by atoms with Gasteiger partial charge in [0.2, 0.25) is 0 Å². The van der Waals surface area contributed by atoms with E-state index in [4.69, 9.17) is 9.72 Å². The molecule has 0 aliphatic carbocycles. The molecule has 9 aromatic rings. The molecule has 0 saturated carbocycles. The summed E-state index contributed by atoms with van der Waals surface area (Å²) in [6.07, 6.45) is 1.92. The van der Waals surface area contributed by atoms with Crippen LogP contribution in [0.5, 0.6) is 11.5 Å². The minimum Gasteiger partial charge on any atom is -0.509 e. The number of nitrogens with zero attached hydrogens (tertiary/aromatic N) is 4. The summed E-state index contributed by atoms with van der Waals surface area (Å²) in [5.74, 6) is 2.06. The molecule has 3 heterocycles. The van der Waals surface area contributed by atoms with Gasteiger partial charge in [-0.3, -0.25) is 0 Å². The summed E-state index contributed by atoms with van der Waals surface area (Å²) in [5.41, 5.74) is 14.1. The third-order valence-electron chi connectivity index (χ3n) is 13.7. The van der Waals surface area contributed by atoms with Crippen LogP contribution in [0, 0.1) is 18.8 Å². The molecule has 2 aromatic heterocycles. The Morgan fingerprint density at radius 2 is 1.16 bits per heavy atom. The van der Waals surface area contributed by atoms with Crippen LogP contribution in [-0.4, -0.2) is 9.55 Å². The number of hydrogen-bond donors (Lipinski definition) is 0. The van der Waals surface area contributed by atoms with Gasteiger partial charge >= 0.3 is 0 Å². The van der Waals surface area contributed by atoms with Crippen molar-refractivity contribution >= 4 is 44.6 Å². The number of pyridine rings is 1. The Balaban J connectivity index is 0.00000593. The molecule has 0 amide bonds. The van der Waals surface area contributed by atoms with Gasteiger partial charge in [-0.2, -0.15) is 6.07 Å². The number of hydrogen-bond acceptors (Lipinski definition) is 4. The zero-order valence-electron chi connectivity index (χ0n) is 41.7. The van der Waals surface area contributed by atoms with E-state index in [2.05, 4.69) is 261 Å². The molecule has 10 rings (SSSR count). The Hall–Kier alpha value is -6.42. The van der Waals surface area contributed by atoms with Crippen LogP contribution in [0.4, 0.5) is 22.7 Å². The maximum absolute atomic E-state index is 6.97. The summed E-state index contributed by atoms with van der Waals surface area (Å²) in [4.78, 5) is 9.57. The summed E-state index contributed by atoms with van der Waals surface area (Å²) < 4.78 is 9.20. The molecule has 352 valence electrons. The molecule has 6 heteroatoms. The first kappa shape index (κ1) is 47.6. The van der Waals surface area contributed by atoms with Crippen LogP contribution in [0.15, 0.2) is 164 Å². The first-order chi connectivity index (χ1) is 32.3. The third kappa shape index (κ3) is 9.15. The zero-order chi connectivity index (χ0) is 47.8. The Labute approximate surface area is 424 Å². The third-order valence-corrected chi connectivity index (χ3v) is 13.7. The van der Waals surface area contributed by atoms with Gasteiger partial charge in [0.25, 0.3) is 0 Å². The predicted molar refractivity (Wildman–Crippen MR) is 284 cm³/mol. The number of benzene rings is 7. The predicted octanol–water partition coefficient (Wildman–Crippen LogP) is 16.9. The van der Waals surface area contributed by atoms with E-state index in [1.807, 2.05) is 12.3 Å².